The SMILES string of the molecule is CN(C)c1ccc(NC(=O)C(N)CCCc2cccc(N)n2)cc1. The average Bonchev–Trinajstić information content (AvgIpc) is 2.55. The minimum Gasteiger partial charge on any atom is -0.384 e. The smallest absolute Gasteiger partial charge is 0.241 e. The molecule has 1 amide bonds. The first kappa shape index (κ1) is 17.7. The lowest BCUT2D eigenvalue weighted by Gasteiger charge is -2.15. The molecule has 2 rings (SSSR count). The van der Waals surface area contributed by atoms with Crippen molar-refractivity contribution in [1.29, 1.82) is 0 Å². The summed E-state index contributed by atoms with van der Waals surface area (Å²) in [7, 11) is 3.94. The van der Waals surface area contributed by atoms with Crippen LogP contribution in [0.2, 0.25) is 0 Å². The molecule has 2 aromatic rings. The van der Waals surface area contributed by atoms with Gasteiger partial charge in [0.2, 0.25) is 5.91 Å². The Labute approximate surface area is 142 Å². The van der Waals surface area contributed by atoms with Gasteiger partial charge in [-0.1, -0.05) is 6.07 Å². The molecule has 6 heteroatoms. The Morgan fingerprint density at radius 1 is 1.21 bits per heavy atom. The van der Waals surface area contributed by atoms with E-state index in [4.69, 9.17) is 11.5 Å². The molecule has 0 aliphatic carbocycles. The molecule has 1 atom stereocenters. The molecular weight excluding hydrogens is 302 g/mol. The number of anilines is 3. The molecule has 0 saturated carbocycles. The first-order valence-corrected chi connectivity index (χ1v) is 8.01. The molecule has 6 nitrogen and oxygen atoms in total. The zero-order chi connectivity index (χ0) is 17.5. The number of pyridine rings is 1. The summed E-state index contributed by atoms with van der Waals surface area (Å²) in [6, 6.07) is 12.7. The minimum atomic E-state index is -0.542. The Bertz CT molecular complexity index is 669. The second-order valence-corrected chi connectivity index (χ2v) is 5.98. The van der Waals surface area contributed by atoms with Gasteiger partial charge >= 0.3 is 0 Å². The zero-order valence-electron chi connectivity index (χ0n) is 14.2. The van der Waals surface area contributed by atoms with Crippen LogP contribution in [-0.2, 0) is 11.2 Å². The van der Waals surface area contributed by atoms with Crippen LogP contribution in [0, 0.1) is 0 Å². The van der Waals surface area contributed by atoms with Crippen molar-refractivity contribution in [3.63, 3.8) is 0 Å². The molecule has 1 aromatic carbocycles. The lowest BCUT2D eigenvalue weighted by atomic mass is 10.1. The number of benzene rings is 1. The third kappa shape index (κ3) is 5.24. The van der Waals surface area contributed by atoms with Crippen molar-refractivity contribution in [3.05, 3.63) is 48.2 Å². The highest BCUT2D eigenvalue weighted by molar-refractivity contribution is 5.94. The molecule has 0 aliphatic heterocycles. The molecule has 5 N–H and O–H groups in total. The van der Waals surface area contributed by atoms with Crippen molar-refractivity contribution in [2.75, 3.05) is 30.0 Å². The van der Waals surface area contributed by atoms with Crippen LogP contribution in [0.4, 0.5) is 17.2 Å². The van der Waals surface area contributed by atoms with Gasteiger partial charge in [-0.2, -0.15) is 0 Å². The molecular formula is C18H25N5O. The van der Waals surface area contributed by atoms with Crippen LogP contribution in [0.1, 0.15) is 18.5 Å². The van der Waals surface area contributed by atoms with E-state index < -0.39 is 6.04 Å². The zero-order valence-corrected chi connectivity index (χ0v) is 14.2. The lowest BCUT2D eigenvalue weighted by molar-refractivity contribution is -0.117. The van der Waals surface area contributed by atoms with Crippen LogP contribution >= 0.6 is 0 Å². The first-order valence-electron chi connectivity index (χ1n) is 8.01. The van der Waals surface area contributed by atoms with Crippen LogP contribution in [-0.4, -0.2) is 31.0 Å². The molecule has 0 aliphatic rings. The fraction of sp³-hybridized carbons (Fsp3) is 0.333. The molecule has 128 valence electrons. The van der Waals surface area contributed by atoms with Crippen molar-refractivity contribution in [1.82, 2.24) is 4.98 Å². The van der Waals surface area contributed by atoms with Crippen molar-refractivity contribution in [2.45, 2.75) is 25.3 Å². The monoisotopic (exact) mass is 327 g/mol. The van der Waals surface area contributed by atoms with Gasteiger partial charge in [-0.15, -0.1) is 0 Å². The molecule has 0 spiro atoms. The van der Waals surface area contributed by atoms with Crippen LogP contribution in [0.15, 0.2) is 42.5 Å². The number of hydrogen-bond donors (Lipinski definition) is 3. The van der Waals surface area contributed by atoms with E-state index in [1.54, 1.807) is 6.07 Å². The fourth-order valence-electron chi connectivity index (χ4n) is 2.35. The highest BCUT2D eigenvalue weighted by atomic mass is 16.2. The Kier molecular flexibility index (Phi) is 6.14. The molecule has 24 heavy (non-hydrogen) atoms. The summed E-state index contributed by atoms with van der Waals surface area (Å²) in [5, 5.41) is 2.85. The van der Waals surface area contributed by atoms with E-state index >= 15 is 0 Å². The van der Waals surface area contributed by atoms with Gasteiger partial charge in [0, 0.05) is 31.2 Å². The van der Waals surface area contributed by atoms with E-state index in [2.05, 4.69) is 10.3 Å². The van der Waals surface area contributed by atoms with Gasteiger partial charge in [0.25, 0.3) is 0 Å². The first-order chi connectivity index (χ1) is 11.5. The third-order valence-corrected chi connectivity index (χ3v) is 3.76. The normalized spacial score (nSPS) is 11.8. The molecule has 0 bridgehead atoms. The van der Waals surface area contributed by atoms with Crippen molar-refractivity contribution in [3.8, 4) is 0 Å². The number of nitrogen functional groups attached to an aromatic ring is 1. The summed E-state index contributed by atoms with van der Waals surface area (Å²) in [6.07, 6.45) is 2.13. The molecule has 0 fully saturated rings. The van der Waals surface area contributed by atoms with Gasteiger partial charge in [-0.3, -0.25) is 4.79 Å². The molecule has 1 heterocycles. The maximum Gasteiger partial charge on any atom is 0.241 e. The van der Waals surface area contributed by atoms with E-state index in [1.807, 2.05) is 55.4 Å². The molecule has 1 unspecified atom stereocenters. The largest absolute Gasteiger partial charge is 0.384 e. The van der Waals surface area contributed by atoms with E-state index in [1.165, 1.54) is 0 Å². The van der Waals surface area contributed by atoms with Crippen molar-refractivity contribution >= 4 is 23.1 Å². The lowest BCUT2D eigenvalue weighted by Crippen LogP contribution is -2.35. The van der Waals surface area contributed by atoms with Crippen LogP contribution in [0.3, 0.4) is 0 Å². The Morgan fingerprint density at radius 2 is 1.92 bits per heavy atom. The Hall–Kier alpha value is -2.60. The fourth-order valence-corrected chi connectivity index (χ4v) is 2.35. The number of carbonyl (C=O) groups excluding carboxylic acids is 1. The summed E-state index contributed by atoms with van der Waals surface area (Å²) in [6.45, 7) is 0. The number of nitrogens with one attached hydrogen (secondary N) is 1. The average molecular weight is 327 g/mol. The summed E-state index contributed by atoms with van der Waals surface area (Å²) in [5.41, 5.74) is 14.4. The number of aromatic nitrogens is 1. The van der Waals surface area contributed by atoms with Gasteiger partial charge in [-0.05, 0) is 55.7 Å². The second-order valence-electron chi connectivity index (χ2n) is 5.98. The van der Waals surface area contributed by atoms with E-state index in [-0.39, 0.29) is 5.91 Å². The highest BCUT2D eigenvalue weighted by Crippen LogP contribution is 2.16. The van der Waals surface area contributed by atoms with E-state index in [0.717, 1.165) is 29.9 Å². The van der Waals surface area contributed by atoms with Gasteiger partial charge in [0.1, 0.15) is 5.82 Å². The molecule has 0 saturated heterocycles. The molecule has 0 radical (unpaired) electrons. The maximum absolute atomic E-state index is 12.1. The van der Waals surface area contributed by atoms with Crippen LogP contribution < -0.4 is 21.7 Å². The van der Waals surface area contributed by atoms with Crippen LogP contribution in [0.25, 0.3) is 0 Å². The number of nitrogens with zero attached hydrogens (tertiary/aromatic N) is 2. The van der Waals surface area contributed by atoms with Gasteiger partial charge in [0.15, 0.2) is 0 Å². The standard InChI is InChI=1S/C18H25N5O/c1-23(2)15-11-9-14(10-12-15)22-18(24)16(19)7-3-5-13-6-4-8-17(20)21-13/h4,6,8-12,16H,3,5,7,19H2,1-2H3,(H2,20,21)(H,22,24). The van der Waals surface area contributed by atoms with Crippen molar-refractivity contribution < 1.29 is 4.79 Å². The molecule has 1 aromatic heterocycles. The predicted octanol–water partition coefficient (Wildman–Crippen LogP) is 2.02. The van der Waals surface area contributed by atoms with Gasteiger partial charge in [-0.25, -0.2) is 4.98 Å². The minimum absolute atomic E-state index is 0.173. The van der Waals surface area contributed by atoms with Crippen LogP contribution in [0.5, 0.6) is 0 Å². The second kappa shape index (κ2) is 8.31. The van der Waals surface area contributed by atoms with Gasteiger partial charge in [0.05, 0.1) is 6.04 Å². The Morgan fingerprint density at radius 3 is 2.54 bits per heavy atom. The quantitative estimate of drug-likeness (QED) is 0.723. The summed E-state index contributed by atoms with van der Waals surface area (Å²) < 4.78 is 0. The van der Waals surface area contributed by atoms with Gasteiger partial charge < -0.3 is 21.7 Å². The van der Waals surface area contributed by atoms with E-state index in [0.29, 0.717) is 12.2 Å². The topological polar surface area (TPSA) is 97.3 Å². The summed E-state index contributed by atoms with van der Waals surface area (Å²) in [5.74, 6) is 0.337. The number of rotatable bonds is 7. The predicted molar refractivity (Wildman–Crippen MR) is 99.0 cm³/mol. The number of carbonyl (C=O) groups is 1. The number of amides is 1. The highest BCUT2D eigenvalue weighted by Gasteiger charge is 2.13. The number of hydrogen-bond acceptors (Lipinski definition) is 5. The third-order valence-electron chi connectivity index (χ3n) is 3.76. The Balaban J connectivity index is 1.79. The number of aryl methyl sites for hydroxylation is 1. The maximum atomic E-state index is 12.1. The summed E-state index contributed by atoms with van der Waals surface area (Å²) in [4.78, 5) is 18.4. The van der Waals surface area contributed by atoms with Crippen molar-refractivity contribution in [2.24, 2.45) is 5.73 Å². The summed E-state index contributed by atoms with van der Waals surface area (Å²) >= 11 is 0. The number of nitrogens with two attached hydrogens (primary N) is 2. The van der Waals surface area contributed by atoms with E-state index in [9.17, 15) is 4.79 Å².